The molecular formula is C15H28N4. The average Bonchev–Trinajstić information content (AvgIpc) is 2.27. The Hall–Kier alpha value is -1.32. The quantitative estimate of drug-likeness (QED) is 0.825. The zero-order valence-electron chi connectivity index (χ0n) is 13.1. The van der Waals surface area contributed by atoms with Gasteiger partial charge in [0.25, 0.3) is 0 Å². The molecule has 108 valence electrons. The topological polar surface area (TPSA) is 63.8 Å². The Morgan fingerprint density at radius 3 is 2.11 bits per heavy atom. The third kappa shape index (κ3) is 4.08. The molecule has 1 aromatic heterocycles. The molecule has 0 aliphatic heterocycles. The highest BCUT2D eigenvalue weighted by Gasteiger charge is 2.19. The Morgan fingerprint density at radius 2 is 1.63 bits per heavy atom. The van der Waals surface area contributed by atoms with Crippen LogP contribution in [0.15, 0.2) is 6.33 Å². The highest BCUT2D eigenvalue weighted by atomic mass is 15.0. The van der Waals surface area contributed by atoms with Crippen molar-refractivity contribution in [3.63, 3.8) is 0 Å². The molecule has 4 nitrogen and oxygen atoms in total. The average molecular weight is 264 g/mol. The van der Waals surface area contributed by atoms with Gasteiger partial charge in [0.05, 0.1) is 0 Å². The zero-order chi connectivity index (χ0) is 14.6. The largest absolute Gasteiger partial charge is 0.383 e. The SMILES string of the molecule is CC(C)c1c(N)ncnc1NCC(C(C)C)C(C)C. The van der Waals surface area contributed by atoms with Crippen LogP contribution in [0, 0.1) is 17.8 Å². The Bertz CT molecular complexity index is 391. The van der Waals surface area contributed by atoms with Crippen molar-refractivity contribution in [2.75, 3.05) is 17.6 Å². The van der Waals surface area contributed by atoms with Gasteiger partial charge in [0.1, 0.15) is 18.0 Å². The van der Waals surface area contributed by atoms with Gasteiger partial charge in [0.2, 0.25) is 0 Å². The molecule has 1 aromatic rings. The molecule has 1 heterocycles. The summed E-state index contributed by atoms with van der Waals surface area (Å²) in [7, 11) is 0. The summed E-state index contributed by atoms with van der Waals surface area (Å²) in [5, 5.41) is 3.47. The monoisotopic (exact) mass is 264 g/mol. The molecule has 0 atom stereocenters. The van der Waals surface area contributed by atoms with Gasteiger partial charge in [-0.3, -0.25) is 0 Å². The fourth-order valence-electron chi connectivity index (χ4n) is 2.58. The Morgan fingerprint density at radius 1 is 1.05 bits per heavy atom. The number of nitrogens with two attached hydrogens (primary N) is 1. The number of nitrogens with one attached hydrogen (secondary N) is 1. The predicted octanol–water partition coefficient (Wildman–Crippen LogP) is 3.52. The first-order valence-corrected chi connectivity index (χ1v) is 7.18. The van der Waals surface area contributed by atoms with Crippen LogP contribution in [0.4, 0.5) is 11.6 Å². The fourth-order valence-corrected chi connectivity index (χ4v) is 2.58. The molecule has 0 saturated carbocycles. The normalized spacial score (nSPS) is 11.9. The van der Waals surface area contributed by atoms with Crippen molar-refractivity contribution >= 4 is 11.6 Å². The van der Waals surface area contributed by atoms with Crippen molar-refractivity contribution in [1.29, 1.82) is 0 Å². The molecule has 0 bridgehead atoms. The molecule has 4 heteroatoms. The molecule has 0 spiro atoms. The van der Waals surface area contributed by atoms with E-state index in [0.717, 1.165) is 17.9 Å². The van der Waals surface area contributed by atoms with Crippen molar-refractivity contribution in [3.05, 3.63) is 11.9 Å². The number of hydrogen-bond donors (Lipinski definition) is 2. The minimum atomic E-state index is 0.320. The highest BCUT2D eigenvalue weighted by Crippen LogP contribution is 2.27. The summed E-state index contributed by atoms with van der Waals surface area (Å²) in [5.41, 5.74) is 6.98. The first-order chi connectivity index (χ1) is 8.84. The minimum absolute atomic E-state index is 0.320. The molecule has 19 heavy (non-hydrogen) atoms. The van der Waals surface area contributed by atoms with Crippen LogP contribution < -0.4 is 11.1 Å². The van der Waals surface area contributed by atoms with E-state index >= 15 is 0 Å². The molecule has 0 aliphatic carbocycles. The lowest BCUT2D eigenvalue weighted by molar-refractivity contribution is 0.304. The maximum atomic E-state index is 5.96. The van der Waals surface area contributed by atoms with Crippen LogP contribution in [-0.2, 0) is 0 Å². The fraction of sp³-hybridized carbons (Fsp3) is 0.733. The number of nitrogens with zero attached hydrogens (tertiary/aromatic N) is 2. The second kappa shape index (κ2) is 6.73. The van der Waals surface area contributed by atoms with Crippen molar-refractivity contribution < 1.29 is 0 Å². The van der Waals surface area contributed by atoms with Crippen molar-refractivity contribution in [2.45, 2.75) is 47.5 Å². The first kappa shape index (κ1) is 15.7. The van der Waals surface area contributed by atoms with E-state index in [0.29, 0.717) is 29.5 Å². The van der Waals surface area contributed by atoms with Crippen LogP contribution >= 0.6 is 0 Å². The van der Waals surface area contributed by atoms with E-state index in [4.69, 9.17) is 5.73 Å². The van der Waals surface area contributed by atoms with Crippen LogP contribution in [0.5, 0.6) is 0 Å². The number of hydrogen-bond acceptors (Lipinski definition) is 4. The molecule has 3 N–H and O–H groups in total. The third-order valence-corrected chi connectivity index (χ3v) is 3.71. The van der Waals surface area contributed by atoms with Crippen LogP contribution in [0.25, 0.3) is 0 Å². The van der Waals surface area contributed by atoms with Gasteiger partial charge in [-0.25, -0.2) is 9.97 Å². The Labute approximate surface area is 117 Å². The number of aromatic nitrogens is 2. The molecule has 0 amide bonds. The lowest BCUT2D eigenvalue weighted by atomic mass is 9.85. The van der Waals surface area contributed by atoms with E-state index in [1.165, 1.54) is 6.33 Å². The van der Waals surface area contributed by atoms with Gasteiger partial charge in [-0.1, -0.05) is 41.5 Å². The van der Waals surface area contributed by atoms with Gasteiger partial charge in [-0.15, -0.1) is 0 Å². The molecule has 0 aromatic carbocycles. The molecule has 0 unspecified atom stereocenters. The van der Waals surface area contributed by atoms with Crippen LogP contribution in [0.2, 0.25) is 0 Å². The molecular weight excluding hydrogens is 236 g/mol. The van der Waals surface area contributed by atoms with Gasteiger partial charge in [0.15, 0.2) is 0 Å². The number of anilines is 2. The van der Waals surface area contributed by atoms with Crippen molar-refractivity contribution in [1.82, 2.24) is 9.97 Å². The first-order valence-electron chi connectivity index (χ1n) is 7.18. The smallest absolute Gasteiger partial charge is 0.134 e. The number of rotatable bonds is 6. The maximum Gasteiger partial charge on any atom is 0.134 e. The number of nitrogen functional groups attached to an aromatic ring is 1. The predicted molar refractivity (Wildman–Crippen MR) is 82.2 cm³/mol. The van der Waals surface area contributed by atoms with Crippen molar-refractivity contribution in [3.8, 4) is 0 Å². The third-order valence-electron chi connectivity index (χ3n) is 3.71. The summed E-state index contributed by atoms with van der Waals surface area (Å²) in [5.74, 6) is 3.70. The second-order valence-electron chi connectivity index (χ2n) is 6.21. The van der Waals surface area contributed by atoms with E-state index in [1.54, 1.807) is 0 Å². The maximum absolute atomic E-state index is 5.96. The van der Waals surface area contributed by atoms with E-state index in [-0.39, 0.29) is 0 Å². The minimum Gasteiger partial charge on any atom is -0.383 e. The molecule has 1 rings (SSSR count). The van der Waals surface area contributed by atoms with E-state index in [1.807, 2.05) is 0 Å². The Balaban J connectivity index is 2.85. The Kier molecular flexibility index (Phi) is 5.58. The van der Waals surface area contributed by atoms with Gasteiger partial charge in [0, 0.05) is 12.1 Å². The molecule has 0 radical (unpaired) electrons. The summed E-state index contributed by atoms with van der Waals surface area (Å²) in [6, 6.07) is 0. The van der Waals surface area contributed by atoms with Crippen LogP contribution in [0.3, 0.4) is 0 Å². The summed E-state index contributed by atoms with van der Waals surface area (Å²) in [4.78, 5) is 8.43. The standard InChI is InChI=1S/C15H28N4/c1-9(2)12(10(3)4)7-17-15-13(11(5)6)14(16)18-8-19-15/h8-12H,7H2,1-6H3,(H3,16,17,18,19). The zero-order valence-corrected chi connectivity index (χ0v) is 13.1. The lowest BCUT2D eigenvalue weighted by Crippen LogP contribution is -2.25. The summed E-state index contributed by atoms with van der Waals surface area (Å²) in [6.07, 6.45) is 1.53. The van der Waals surface area contributed by atoms with Crippen LogP contribution in [-0.4, -0.2) is 16.5 Å². The second-order valence-corrected chi connectivity index (χ2v) is 6.21. The van der Waals surface area contributed by atoms with Gasteiger partial charge >= 0.3 is 0 Å². The van der Waals surface area contributed by atoms with Gasteiger partial charge in [-0.2, -0.15) is 0 Å². The summed E-state index contributed by atoms with van der Waals surface area (Å²) < 4.78 is 0. The van der Waals surface area contributed by atoms with Gasteiger partial charge < -0.3 is 11.1 Å². The van der Waals surface area contributed by atoms with E-state index in [9.17, 15) is 0 Å². The van der Waals surface area contributed by atoms with Crippen LogP contribution in [0.1, 0.15) is 53.0 Å². The van der Waals surface area contributed by atoms with Gasteiger partial charge in [-0.05, 0) is 23.7 Å². The lowest BCUT2D eigenvalue weighted by Gasteiger charge is -2.26. The van der Waals surface area contributed by atoms with E-state index in [2.05, 4.69) is 56.8 Å². The molecule has 0 saturated heterocycles. The molecule has 0 fully saturated rings. The summed E-state index contributed by atoms with van der Waals surface area (Å²) in [6.45, 7) is 14.2. The van der Waals surface area contributed by atoms with Crippen molar-refractivity contribution in [2.24, 2.45) is 17.8 Å². The molecule has 0 aliphatic rings. The highest BCUT2D eigenvalue weighted by molar-refractivity contribution is 5.56. The van der Waals surface area contributed by atoms with E-state index < -0.39 is 0 Å². The summed E-state index contributed by atoms with van der Waals surface area (Å²) >= 11 is 0.